The highest BCUT2D eigenvalue weighted by atomic mass is 14.9. The van der Waals surface area contributed by atoms with Crippen molar-refractivity contribution in [2.45, 2.75) is 45.6 Å². The van der Waals surface area contributed by atoms with Gasteiger partial charge in [-0.2, -0.15) is 0 Å². The Bertz CT molecular complexity index is 357. The van der Waals surface area contributed by atoms with Crippen LogP contribution in [0.25, 0.3) is 0 Å². The van der Waals surface area contributed by atoms with Gasteiger partial charge in [0.1, 0.15) is 0 Å². The van der Waals surface area contributed by atoms with Gasteiger partial charge in [0, 0.05) is 43.2 Å². The molecule has 0 aromatic carbocycles. The van der Waals surface area contributed by atoms with Crippen molar-refractivity contribution in [3.8, 4) is 0 Å². The third-order valence-electron chi connectivity index (χ3n) is 3.28. The first-order chi connectivity index (χ1) is 9.72. The van der Waals surface area contributed by atoms with E-state index in [-0.39, 0.29) is 0 Å². The van der Waals surface area contributed by atoms with Crippen LogP contribution >= 0.6 is 0 Å². The topological polar surface area (TPSA) is 48.8 Å². The van der Waals surface area contributed by atoms with E-state index in [1.165, 1.54) is 5.71 Å². The molecular weight excluding hydrogens is 248 g/mol. The smallest absolute Gasteiger partial charge is 0.0524 e. The molecule has 0 saturated carbocycles. The molecule has 0 aromatic heterocycles. The molecule has 112 valence electrons. The van der Waals surface area contributed by atoms with Crippen molar-refractivity contribution in [1.29, 1.82) is 0 Å². The van der Waals surface area contributed by atoms with Gasteiger partial charge in [-0.25, -0.2) is 0 Å². The van der Waals surface area contributed by atoms with Crippen LogP contribution in [0.2, 0.25) is 0 Å². The fourth-order valence-electron chi connectivity index (χ4n) is 1.77. The van der Waals surface area contributed by atoms with Crippen LogP contribution in [0.1, 0.15) is 39.5 Å². The van der Waals surface area contributed by atoms with E-state index >= 15 is 0 Å². The first-order valence-electron chi connectivity index (χ1n) is 7.56. The van der Waals surface area contributed by atoms with E-state index in [1.54, 1.807) is 0 Å². The van der Waals surface area contributed by atoms with Crippen LogP contribution in [-0.4, -0.2) is 37.6 Å². The van der Waals surface area contributed by atoms with Gasteiger partial charge in [-0.3, -0.25) is 9.98 Å². The Labute approximate surface area is 123 Å². The van der Waals surface area contributed by atoms with Gasteiger partial charge < -0.3 is 10.6 Å². The summed E-state index contributed by atoms with van der Waals surface area (Å²) in [5, 5.41) is 6.60. The molecule has 4 nitrogen and oxygen atoms in total. The minimum Gasteiger partial charge on any atom is -0.386 e. The first-order valence-corrected chi connectivity index (χ1v) is 7.56. The summed E-state index contributed by atoms with van der Waals surface area (Å²) >= 11 is 0. The molecule has 2 N–H and O–H groups in total. The Morgan fingerprint density at radius 2 is 2.45 bits per heavy atom. The second kappa shape index (κ2) is 10.4. The van der Waals surface area contributed by atoms with Gasteiger partial charge in [-0.1, -0.05) is 19.6 Å². The van der Waals surface area contributed by atoms with Crippen molar-refractivity contribution in [3.05, 3.63) is 24.6 Å². The Kier molecular flexibility index (Phi) is 8.63. The molecule has 1 heterocycles. The lowest BCUT2D eigenvalue weighted by atomic mass is 10.2. The molecule has 0 radical (unpaired) electrons. The van der Waals surface area contributed by atoms with Crippen LogP contribution in [0.4, 0.5) is 0 Å². The largest absolute Gasteiger partial charge is 0.386 e. The summed E-state index contributed by atoms with van der Waals surface area (Å²) in [5.41, 5.74) is 2.14. The van der Waals surface area contributed by atoms with Crippen LogP contribution in [0.15, 0.2) is 34.5 Å². The third kappa shape index (κ3) is 7.89. The van der Waals surface area contributed by atoms with Crippen molar-refractivity contribution < 1.29 is 0 Å². The predicted octanol–water partition coefficient (Wildman–Crippen LogP) is 2.69. The van der Waals surface area contributed by atoms with E-state index in [0.29, 0.717) is 6.04 Å². The molecule has 1 rings (SSSR count). The van der Waals surface area contributed by atoms with E-state index in [2.05, 4.69) is 47.1 Å². The zero-order valence-electron chi connectivity index (χ0n) is 12.9. The zero-order valence-corrected chi connectivity index (χ0v) is 12.9. The van der Waals surface area contributed by atoms with Crippen molar-refractivity contribution in [3.63, 3.8) is 0 Å². The number of nitrogens with zero attached hydrogens (tertiary/aromatic N) is 2. The number of allylic oxidation sites excluding steroid dienone is 1. The zero-order chi connectivity index (χ0) is 14.6. The number of hydrogen-bond donors (Lipinski definition) is 2. The monoisotopic (exact) mass is 276 g/mol. The summed E-state index contributed by atoms with van der Waals surface area (Å²) in [5.74, 6) is 0. The SMILES string of the molecule is C=C(CN[C@H](C)CC)/N=C\CC/N=C1\CCC=CNC1. The number of rotatable bonds is 8. The summed E-state index contributed by atoms with van der Waals surface area (Å²) < 4.78 is 0. The highest BCUT2D eigenvalue weighted by Gasteiger charge is 2.00. The van der Waals surface area contributed by atoms with Gasteiger partial charge in [0.2, 0.25) is 0 Å². The maximum absolute atomic E-state index is 4.61. The maximum atomic E-state index is 4.61. The molecular formula is C16H28N4. The average molecular weight is 276 g/mol. The number of aliphatic imine (C=N–C) groups is 2. The van der Waals surface area contributed by atoms with Gasteiger partial charge in [-0.15, -0.1) is 0 Å². The van der Waals surface area contributed by atoms with Crippen molar-refractivity contribution in [2.75, 3.05) is 19.6 Å². The van der Waals surface area contributed by atoms with Gasteiger partial charge in [0.05, 0.1) is 6.54 Å². The minimum atomic E-state index is 0.518. The summed E-state index contributed by atoms with van der Waals surface area (Å²) in [6.07, 6.45) is 10.2. The van der Waals surface area contributed by atoms with Gasteiger partial charge in [0.25, 0.3) is 0 Å². The third-order valence-corrected chi connectivity index (χ3v) is 3.28. The van der Waals surface area contributed by atoms with Crippen molar-refractivity contribution in [2.24, 2.45) is 9.98 Å². The lowest BCUT2D eigenvalue weighted by Crippen LogP contribution is -2.26. The molecule has 4 heteroatoms. The van der Waals surface area contributed by atoms with E-state index in [9.17, 15) is 0 Å². The fraction of sp³-hybridized carbons (Fsp3) is 0.625. The van der Waals surface area contributed by atoms with Crippen molar-refractivity contribution >= 4 is 11.9 Å². The average Bonchev–Trinajstić information content (AvgIpc) is 2.73. The fourth-order valence-corrected chi connectivity index (χ4v) is 1.77. The Balaban J connectivity index is 2.14. The van der Waals surface area contributed by atoms with Gasteiger partial charge in [0.15, 0.2) is 0 Å². The second-order valence-electron chi connectivity index (χ2n) is 5.13. The van der Waals surface area contributed by atoms with Gasteiger partial charge in [-0.05, 0) is 32.4 Å². The normalized spacial score (nSPS) is 19.0. The minimum absolute atomic E-state index is 0.518. The molecule has 0 unspecified atom stereocenters. The van der Waals surface area contributed by atoms with Crippen LogP contribution < -0.4 is 10.6 Å². The van der Waals surface area contributed by atoms with Crippen molar-refractivity contribution in [1.82, 2.24) is 10.6 Å². The lowest BCUT2D eigenvalue weighted by Gasteiger charge is -2.10. The Morgan fingerprint density at radius 1 is 1.60 bits per heavy atom. The first kappa shape index (κ1) is 16.6. The summed E-state index contributed by atoms with van der Waals surface area (Å²) in [4.78, 5) is 8.96. The van der Waals surface area contributed by atoms with E-state index < -0.39 is 0 Å². The molecule has 20 heavy (non-hydrogen) atoms. The van der Waals surface area contributed by atoms with E-state index in [4.69, 9.17) is 0 Å². The standard InChI is InChI=1S/C16H28N4/c1-4-14(2)20-12-15(3)18-10-7-11-19-16-8-5-6-9-17-13-16/h6,9-10,14,17,20H,3-5,7-8,11-13H2,1-2H3/b18-10-,19-16+/t14-/m1/s1. The van der Waals surface area contributed by atoms with E-state index in [1.807, 2.05) is 12.4 Å². The second-order valence-corrected chi connectivity index (χ2v) is 5.13. The summed E-state index contributed by atoms with van der Waals surface area (Å²) in [6, 6.07) is 0.518. The molecule has 0 fully saturated rings. The highest BCUT2D eigenvalue weighted by molar-refractivity contribution is 5.87. The molecule has 0 saturated heterocycles. The van der Waals surface area contributed by atoms with Gasteiger partial charge >= 0.3 is 0 Å². The Hall–Kier alpha value is -1.42. The molecule has 1 aliphatic heterocycles. The molecule has 0 amide bonds. The van der Waals surface area contributed by atoms with Crippen LogP contribution in [0.3, 0.4) is 0 Å². The quantitative estimate of drug-likeness (QED) is 0.529. The number of hydrogen-bond acceptors (Lipinski definition) is 4. The highest BCUT2D eigenvalue weighted by Crippen LogP contribution is 1.99. The molecule has 0 bridgehead atoms. The predicted molar refractivity (Wildman–Crippen MR) is 88.7 cm³/mol. The summed E-state index contributed by atoms with van der Waals surface area (Å²) in [7, 11) is 0. The molecule has 0 spiro atoms. The maximum Gasteiger partial charge on any atom is 0.0524 e. The van der Waals surface area contributed by atoms with Crippen LogP contribution in [0.5, 0.6) is 0 Å². The number of nitrogens with one attached hydrogen (secondary N) is 2. The van der Waals surface area contributed by atoms with Crippen LogP contribution in [0, 0.1) is 0 Å². The van der Waals surface area contributed by atoms with Crippen LogP contribution in [-0.2, 0) is 0 Å². The molecule has 1 atom stereocenters. The molecule has 0 aliphatic carbocycles. The Morgan fingerprint density at radius 3 is 3.25 bits per heavy atom. The summed E-state index contributed by atoms with van der Waals surface area (Å²) in [6.45, 7) is 10.7. The molecule has 1 aliphatic rings. The molecule has 0 aromatic rings. The van der Waals surface area contributed by atoms with E-state index in [0.717, 1.165) is 51.0 Å². The lowest BCUT2D eigenvalue weighted by molar-refractivity contribution is 0.559.